The standard InChI is InChI=1S/C29H24FN7OS/c1-16-10-34-29(39-16)24-8-23-27(19(9-31)12-33-28(23)35-24)17-2-5-26(32-11-17)36-14-21-7-22(15-36)37(21)13-18-6-20(30)3-4-25(18)38/h2-6,8,10-12,21-22,38H,7,13-15H2,1H3,(H,33,35). The fraction of sp³-hybridized carbons (Fsp3) is 0.241. The zero-order valence-electron chi connectivity index (χ0n) is 21.1. The van der Waals surface area contributed by atoms with E-state index in [9.17, 15) is 14.8 Å². The van der Waals surface area contributed by atoms with Crippen molar-refractivity contribution in [1.82, 2.24) is 24.8 Å². The molecule has 1 aromatic carbocycles. The van der Waals surface area contributed by atoms with Crippen molar-refractivity contribution in [3.63, 3.8) is 0 Å². The first-order valence-electron chi connectivity index (χ1n) is 12.8. The monoisotopic (exact) mass is 537 g/mol. The number of nitriles is 1. The second kappa shape index (κ2) is 9.15. The van der Waals surface area contributed by atoms with Crippen molar-refractivity contribution < 1.29 is 9.50 Å². The summed E-state index contributed by atoms with van der Waals surface area (Å²) in [6.45, 7) is 4.19. The van der Waals surface area contributed by atoms with Gasteiger partial charge in [-0.25, -0.2) is 19.3 Å². The van der Waals surface area contributed by atoms with E-state index in [0.29, 0.717) is 35.4 Å². The number of rotatable bonds is 5. The van der Waals surface area contributed by atoms with E-state index in [-0.39, 0.29) is 11.6 Å². The molecule has 8 nitrogen and oxygen atoms in total. The normalized spacial score (nSPS) is 18.7. The topological polar surface area (TPSA) is 105 Å². The number of piperidine rings is 1. The van der Waals surface area contributed by atoms with Gasteiger partial charge in [-0.1, -0.05) is 0 Å². The zero-order valence-corrected chi connectivity index (χ0v) is 21.9. The maximum atomic E-state index is 13.7. The molecule has 3 fully saturated rings. The van der Waals surface area contributed by atoms with Crippen molar-refractivity contribution in [2.24, 2.45) is 0 Å². The Hall–Kier alpha value is -4.33. The number of aryl methyl sites for hydroxylation is 1. The minimum Gasteiger partial charge on any atom is -0.508 e. The molecule has 5 aromatic rings. The number of halogens is 1. The molecule has 7 heterocycles. The maximum Gasteiger partial charge on any atom is 0.139 e. The number of pyridine rings is 2. The molecule has 2 N–H and O–H groups in total. The molecule has 3 aliphatic heterocycles. The number of nitrogens with one attached hydrogen (secondary N) is 1. The van der Waals surface area contributed by atoms with Gasteiger partial charge in [0, 0.05) is 77.3 Å². The van der Waals surface area contributed by atoms with E-state index >= 15 is 0 Å². The Morgan fingerprint density at radius 2 is 1.95 bits per heavy atom. The summed E-state index contributed by atoms with van der Waals surface area (Å²) in [7, 11) is 0. The van der Waals surface area contributed by atoms with Crippen LogP contribution >= 0.6 is 11.3 Å². The molecule has 8 rings (SSSR count). The molecule has 0 amide bonds. The third-order valence-electron chi connectivity index (χ3n) is 7.73. The quantitative estimate of drug-likeness (QED) is 0.316. The molecular weight excluding hydrogens is 513 g/mol. The van der Waals surface area contributed by atoms with Crippen LogP contribution in [0.15, 0.2) is 55.0 Å². The molecule has 2 atom stereocenters. The van der Waals surface area contributed by atoms with Gasteiger partial charge in [0.2, 0.25) is 0 Å². The minimum absolute atomic E-state index is 0.133. The molecule has 0 aliphatic carbocycles. The lowest BCUT2D eigenvalue weighted by molar-refractivity contribution is -0.00921. The summed E-state index contributed by atoms with van der Waals surface area (Å²) in [5.74, 6) is 0.687. The van der Waals surface area contributed by atoms with Crippen molar-refractivity contribution in [3.8, 4) is 33.6 Å². The molecule has 0 saturated carbocycles. The fourth-order valence-electron chi connectivity index (χ4n) is 5.80. The van der Waals surface area contributed by atoms with Crippen molar-refractivity contribution in [2.45, 2.75) is 32.0 Å². The van der Waals surface area contributed by atoms with E-state index in [1.807, 2.05) is 37.5 Å². The number of hydrogen-bond acceptors (Lipinski definition) is 8. The van der Waals surface area contributed by atoms with Gasteiger partial charge in [0.25, 0.3) is 0 Å². The number of aromatic amines is 1. The number of anilines is 1. The van der Waals surface area contributed by atoms with E-state index in [1.165, 1.54) is 18.2 Å². The molecule has 0 spiro atoms. The van der Waals surface area contributed by atoms with Crippen LogP contribution in [0.4, 0.5) is 10.2 Å². The Morgan fingerprint density at radius 3 is 2.67 bits per heavy atom. The average Bonchev–Trinajstić information content (AvgIpc) is 3.59. The number of benzene rings is 1. The number of nitrogens with zero attached hydrogens (tertiary/aromatic N) is 6. The van der Waals surface area contributed by atoms with Gasteiger partial charge in [-0.3, -0.25) is 4.90 Å². The van der Waals surface area contributed by atoms with Gasteiger partial charge < -0.3 is 15.0 Å². The number of thiazole rings is 1. The second-order valence-electron chi connectivity index (χ2n) is 10.2. The fourth-order valence-corrected chi connectivity index (χ4v) is 6.53. The van der Waals surface area contributed by atoms with Crippen LogP contribution < -0.4 is 4.90 Å². The highest BCUT2D eigenvalue weighted by Crippen LogP contribution is 2.38. The van der Waals surface area contributed by atoms with Crippen LogP contribution in [0.1, 0.15) is 22.4 Å². The summed E-state index contributed by atoms with van der Waals surface area (Å²) in [4.78, 5) is 22.8. The lowest BCUT2D eigenvalue weighted by Crippen LogP contribution is -2.68. The smallest absolute Gasteiger partial charge is 0.139 e. The second-order valence-corrected chi connectivity index (χ2v) is 11.4. The van der Waals surface area contributed by atoms with Gasteiger partial charge in [-0.05, 0) is 49.7 Å². The van der Waals surface area contributed by atoms with Crippen LogP contribution in [0.5, 0.6) is 5.75 Å². The Morgan fingerprint density at radius 1 is 1.10 bits per heavy atom. The van der Waals surface area contributed by atoms with Gasteiger partial charge in [0.05, 0.1) is 11.3 Å². The Balaban J connectivity index is 1.13. The van der Waals surface area contributed by atoms with Crippen LogP contribution in [-0.4, -0.2) is 55.1 Å². The molecule has 2 bridgehead atoms. The van der Waals surface area contributed by atoms with Crippen LogP contribution in [0.3, 0.4) is 0 Å². The van der Waals surface area contributed by atoms with Crippen LogP contribution in [0, 0.1) is 24.1 Å². The number of fused-ring (bicyclic) bond motifs is 3. The largest absolute Gasteiger partial charge is 0.508 e. The third-order valence-corrected chi connectivity index (χ3v) is 8.68. The molecule has 4 aromatic heterocycles. The molecule has 3 saturated heterocycles. The predicted octanol–water partition coefficient (Wildman–Crippen LogP) is 5.24. The Bertz CT molecular complexity index is 1740. The number of aromatic nitrogens is 4. The van der Waals surface area contributed by atoms with Crippen LogP contribution in [-0.2, 0) is 6.54 Å². The molecule has 3 aliphatic rings. The predicted molar refractivity (Wildman–Crippen MR) is 148 cm³/mol. The van der Waals surface area contributed by atoms with E-state index in [4.69, 9.17) is 4.98 Å². The van der Waals surface area contributed by atoms with Gasteiger partial charge >= 0.3 is 0 Å². The maximum absolute atomic E-state index is 13.7. The first-order chi connectivity index (χ1) is 19.0. The van der Waals surface area contributed by atoms with E-state index in [1.54, 1.807) is 17.5 Å². The zero-order chi connectivity index (χ0) is 26.7. The highest BCUT2D eigenvalue weighted by Gasteiger charge is 2.44. The van der Waals surface area contributed by atoms with Gasteiger partial charge in [-0.15, -0.1) is 11.3 Å². The van der Waals surface area contributed by atoms with E-state index < -0.39 is 0 Å². The first kappa shape index (κ1) is 23.8. The van der Waals surface area contributed by atoms with Crippen molar-refractivity contribution in [2.75, 3.05) is 18.0 Å². The van der Waals surface area contributed by atoms with Gasteiger partial charge in [-0.2, -0.15) is 5.26 Å². The van der Waals surface area contributed by atoms with E-state index in [2.05, 4.69) is 30.8 Å². The number of phenolic OH excluding ortho intramolecular Hbond substituents is 1. The number of piperazine rings is 1. The highest BCUT2D eigenvalue weighted by molar-refractivity contribution is 7.14. The van der Waals surface area contributed by atoms with Crippen LogP contribution in [0.25, 0.3) is 32.9 Å². The van der Waals surface area contributed by atoms with Crippen molar-refractivity contribution >= 4 is 28.2 Å². The molecule has 39 heavy (non-hydrogen) atoms. The third kappa shape index (κ3) is 4.11. The summed E-state index contributed by atoms with van der Waals surface area (Å²) in [6, 6.07) is 13.1. The van der Waals surface area contributed by atoms with Gasteiger partial charge in [0.1, 0.15) is 34.1 Å². The summed E-state index contributed by atoms with van der Waals surface area (Å²) < 4.78 is 13.7. The average molecular weight is 538 g/mol. The first-order valence-corrected chi connectivity index (χ1v) is 13.6. The molecular formula is C29H24FN7OS. The van der Waals surface area contributed by atoms with Crippen molar-refractivity contribution in [3.05, 3.63) is 76.8 Å². The van der Waals surface area contributed by atoms with E-state index in [0.717, 1.165) is 57.4 Å². The number of H-pyrrole nitrogens is 1. The SMILES string of the molecule is Cc1cnc(-c2cc3c(-c4ccc(N5CC6CC(C5)N6Cc5cc(F)ccc5O)nc4)c(C#N)cnc3[nH]2)s1. The summed E-state index contributed by atoms with van der Waals surface area (Å²) in [5.41, 5.74) is 4.36. The molecule has 194 valence electrons. The Labute approximate surface area is 228 Å². The highest BCUT2D eigenvalue weighted by atomic mass is 32.1. The molecule has 10 heteroatoms. The minimum atomic E-state index is -0.334. The Kier molecular flexibility index (Phi) is 5.58. The number of hydrogen-bond donors (Lipinski definition) is 2. The summed E-state index contributed by atoms with van der Waals surface area (Å²) >= 11 is 1.61. The number of aromatic hydroxyl groups is 1. The summed E-state index contributed by atoms with van der Waals surface area (Å²) in [6.07, 6.45) is 6.36. The lowest BCUT2D eigenvalue weighted by Gasteiger charge is -2.56. The summed E-state index contributed by atoms with van der Waals surface area (Å²) in [5, 5.41) is 21.7. The molecule has 0 radical (unpaired) electrons. The number of phenols is 1. The lowest BCUT2D eigenvalue weighted by atomic mass is 9.86. The van der Waals surface area contributed by atoms with Crippen molar-refractivity contribution in [1.29, 1.82) is 5.26 Å². The van der Waals surface area contributed by atoms with Crippen LogP contribution in [0.2, 0.25) is 0 Å². The molecule has 2 unspecified atom stereocenters. The van der Waals surface area contributed by atoms with Gasteiger partial charge in [0.15, 0.2) is 0 Å².